The summed E-state index contributed by atoms with van der Waals surface area (Å²) in [6.45, 7) is 0. The van der Waals surface area contributed by atoms with Crippen LogP contribution in [0.25, 0.3) is 0 Å². The van der Waals surface area contributed by atoms with E-state index in [1.54, 1.807) is 0 Å². The van der Waals surface area contributed by atoms with Crippen molar-refractivity contribution in [3.8, 4) is 0 Å². The molecule has 0 heterocycles. The van der Waals surface area contributed by atoms with Gasteiger partial charge in [-0.2, -0.15) is 0 Å². The SMILES string of the molecule is O=C1[CH]CCCC1c1ccccc1. The Morgan fingerprint density at radius 2 is 1.92 bits per heavy atom. The first-order valence-corrected chi connectivity index (χ1v) is 4.80. The van der Waals surface area contributed by atoms with E-state index in [4.69, 9.17) is 0 Å². The van der Waals surface area contributed by atoms with Crippen LogP contribution in [0.5, 0.6) is 0 Å². The van der Waals surface area contributed by atoms with Gasteiger partial charge in [0.25, 0.3) is 0 Å². The number of carbonyl (C=O) groups is 1. The molecule has 67 valence electrons. The molecule has 13 heavy (non-hydrogen) atoms. The van der Waals surface area contributed by atoms with Gasteiger partial charge in [-0.3, -0.25) is 4.79 Å². The molecule has 1 nitrogen and oxygen atoms in total. The van der Waals surface area contributed by atoms with Crippen LogP contribution in [0.15, 0.2) is 30.3 Å². The summed E-state index contributed by atoms with van der Waals surface area (Å²) >= 11 is 0. The van der Waals surface area contributed by atoms with Gasteiger partial charge in [0, 0.05) is 12.3 Å². The Kier molecular flexibility index (Phi) is 2.44. The minimum Gasteiger partial charge on any atom is -0.299 e. The highest BCUT2D eigenvalue weighted by atomic mass is 16.1. The number of hydrogen-bond donors (Lipinski definition) is 0. The number of rotatable bonds is 1. The fraction of sp³-hybridized carbons (Fsp3) is 0.333. The Balaban J connectivity index is 2.20. The third-order valence-electron chi connectivity index (χ3n) is 2.59. The zero-order valence-electron chi connectivity index (χ0n) is 7.57. The van der Waals surface area contributed by atoms with E-state index in [0.717, 1.165) is 19.3 Å². The van der Waals surface area contributed by atoms with Gasteiger partial charge in [0.1, 0.15) is 5.78 Å². The molecule has 1 aliphatic rings. The molecule has 0 N–H and O–H groups in total. The zero-order chi connectivity index (χ0) is 9.10. The molecule has 0 spiro atoms. The average Bonchev–Trinajstić information content (AvgIpc) is 2.20. The van der Waals surface area contributed by atoms with Crippen molar-refractivity contribution in [1.29, 1.82) is 0 Å². The lowest BCUT2D eigenvalue weighted by atomic mass is 9.83. The molecular formula is C12H13O. The van der Waals surface area contributed by atoms with Crippen LogP contribution in [0.1, 0.15) is 30.7 Å². The third-order valence-corrected chi connectivity index (χ3v) is 2.59. The lowest BCUT2D eigenvalue weighted by Crippen LogP contribution is -2.17. The molecule has 1 radical (unpaired) electrons. The molecule has 1 fully saturated rings. The maximum atomic E-state index is 11.5. The van der Waals surface area contributed by atoms with Crippen LogP contribution in [0.3, 0.4) is 0 Å². The Hall–Kier alpha value is -1.11. The summed E-state index contributed by atoms with van der Waals surface area (Å²) in [4.78, 5) is 11.5. The molecule has 1 heteroatoms. The highest BCUT2D eigenvalue weighted by Crippen LogP contribution is 2.28. The van der Waals surface area contributed by atoms with Crippen LogP contribution in [0.2, 0.25) is 0 Å². The standard InChI is InChI=1S/C12H13O/c13-12-9-5-4-8-11(12)10-6-2-1-3-7-10/h1-3,6-7,9,11H,4-5,8H2. The molecular weight excluding hydrogens is 160 g/mol. The monoisotopic (exact) mass is 173 g/mol. The summed E-state index contributed by atoms with van der Waals surface area (Å²) in [5, 5.41) is 0. The summed E-state index contributed by atoms with van der Waals surface area (Å²) in [5.41, 5.74) is 1.17. The van der Waals surface area contributed by atoms with Gasteiger partial charge in [-0.05, 0) is 18.4 Å². The normalized spacial score (nSPS) is 23.1. The number of carbonyl (C=O) groups excluding carboxylic acids is 1. The second-order valence-electron chi connectivity index (χ2n) is 3.50. The number of hydrogen-bond acceptors (Lipinski definition) is 1. The Morgan fingerprint density at radius 3 is 2.62 bits per heavy atom. The van der Waals surface area contributed by atoms with Crippen molar-refractivity contribution in [2.75, 3.05) is 0 Å². The fourth-order valence-electron chi connectivity index (χ4n) is 1.87. The topological polar surface area (TPSA) is 17.1 Å². The van der Waals surface area contributed by atoms with Crippen LogP contribution >= 0.6 is 0 Å². The average molecular weight is 173 g/mol. The number of Topliss-reactive ketones (excluding diaryl/α,β-unsaturated/α-hetero) is 1. The largest absolute Gasteiger partial charge is 0.299 e. The van der Waals surface area contributed by atoms with Gasteiger partial charge in [-0.25, -0.2) is 0 Å². The molecule has 1 aromatic rings. The van der Waals surface area contributed by atoms with Crippen LogP contribution in [-0.2, 0) is 4.79 Å². The van der Waals surface area contributed by atoms with Gasteiger partial charge in [-0.1, -0.05) is 36.8 Å². The Labute approximate surface area is 78.8 Å². The molecule has 0 bridgehead atoms. The molecule has 0 saturated heterocycles. The first-order chi connectivity index (χ1) is 6.38. The Morgan fingerprint density at radius 1 is 1.15 bits per heavy atom. The molecule has 1 aromatic carbocycles. The Bertz CT molecular complexity index is 289. The van der Waals surface area contributed by atoms with Gasteiger partial charge in [-0.15, -0.1) is 0 Å². The fourth-order valence-corrected chi connectivity index (χ4v) is 1.87. The summed E-state index contributed by atoms with van der Waals surface area (Å²) in [6.07, 6.45) is 4.95. The maximum absolute atomic E-state index is 11.5. The van der Waals surface area contributed by atoms with E-state index in [0.29, 0.717) is 5.78 Å². The lowest BCUT2D eigenvalue weighted by molar-refractivity contribution is -0.118. The quantitative estimate of drug-likeness (QED) is 0.638. The molecule has 0 aliphatic heterocycles. The van der Waals surface area contributed by atoms with Crippen molar-refractivity contribution in [2.45, 2.75) is 25.2 Å². The third kappa shape index (κ3) is 1.80. The van der Waals surface area contributed by atoms with E-state index < -0.39 is 0 Å². The number of benzene rings is 1. The van der Waals surface area contributed by atoms with Gasteiger partial charge < -0.3 is 0 Å². The van der Waals surface area contributed by atoms with Crippen molar-refractivity contribution < 1.29 is 4.79 Å². The van der Waals surface area contributed by atoms with Crippen molar-refractivity contribution in [3.63, 3.8) is 0 Å². The minimum absolute atomic E-state index is 0.134. The predicted molar refractivity (Wildman–Crippen MR) is 52.3 cm³/mol. The molecule has 1 unspecified atom stereocenters. The van der Waals surface area contributed by atoms with Gasteiger partial charge >= 0.3 is 0 Å². The molecule has 1 aliphatic carbocycles. The molecule has 0 amide bonds. The van der Waals surface area contributed by atoms with Gasteiger partial charge in [0.2, 0.25) is 0 Å². The summed E-state index contributed by atoms with van der Waals surface area (Å²) in [7, 11) is 0. The van der Waals surface area contributed by atoms with Crippen molar-refractivity contribution in [3.05, 3.63) is 42.3 Å². The number of ketones is 1. The smallest absolute Gasteiger partial charge is 0.144 e. The van der Waals surface area contributed by atoms with Gasteiger partial charge in [0.15, 0.2) is 0 Å². The molecule has 0 aromatic heterocycles. The predicted octanol–water partition coefficient (Wildman–Crippen LogP) is 2.73. The summed E-state index contributed by atoms with van der Waals surface area (Å²) in [5.74, 6) is 0.437. The zero-order valence-corrected chi connectivity index (χ0v) is 7.57. The lowest BCUT2D eigenvalue weighted by Gasteiger charge is -2.20. The first-order valence-electron chi connectivity index (χ1n) is 4.80. The van der Waals surface area contributed by atoms with Gasteiger partial charge in [0.05, 0.1) is 0 Å². The van der Waals surface area contributed by atoms with Crippen LogP contribution in [-0.4, -0.2) is 5.78 Å². The van der Waals surface area contributed by atoms with E-state index in [2.05, 4.69) is 0 Å². The van der Waals surface area contributed by atoms with E-state index in [1.165, 1.54) is 5.56 Å². The second kappa shape index (κ2) is 3.73. The summed E-state index contributed by atoms with van der Waals surface area (Å²) < 4.78 is 0. The van der Waals surface area contributed by atoms with Crippen molar-refractivity contribution >= 4 is 5.78 Å². The van der Waals surface area contributed by atoms with E-state index >= 15 is 0 Å². The second-order valence-corrected chi connectivity index (χ2v) is 3.50. The van der Waals surface area contributed by atoms with E-state index in [9.17, 15) is 4.79 Å². The molecule has 1 atom stereocenters. The van der Waals surface area contributed by atoms with Crippen LogP contribution in [0.4, 0.5) is 0 Å². The highest BCUT2D eigenvalue weighted by Gasteiger charge is 2.23. The molecule has 2 rings (SSSR count). The van der Waals surface area contributed by atoms with Crippen LogP contribution < -0.4 is 0 Å². The first kappa shape index (κ1) is 8.49. The molecule has 1 saturated carbocycles. The van der Waals surface area contributed by atoms with E-state index in [-0.39, 0.29) is 5.92 Å². The van der Waals surface area contributed by atoms with Crippen molar-refractivity contribution in [2.24, 2.45) is 0 Å². The van der Waals surface area contributed by atoms with E-state index in [1.807, 2.05) is 36.8 Å². The highest BCUT2D eigenvalue weighted by molar-refractivity contribution is 5.93. The summed E-state index contributed by atoms with van der Waals surface area (Å²) in [6, 6.07) is 10.1. The van der Waals surface area contributed by atoms with Crippen LogP contribution in [0, 0.1) is 6.42 Å². The maximum Gasteiger partial charge on any atom is 0.144 e. The van der Waals surface area contributed by atoms with Crippen molar-refractivity contribution in [1.82, 2.24) is 0 Å². The minimum atomic E-state index is 0.134.